The van der Waals surface area contributed by atoms with E-state index in [0.717, 1.165) is 6.42 Å². The number of benzene rings is 1. The normalized spacial score (nSPS) is 25.7. The van der Waals surface area contributed by atoms with Gasteiger partial charge in [0.1, 0.15) is 0 Å². The monoisotopic (exact) mass is 417 g/mol. The lowest BCUT2D eigenvalue weighted by Gasteiger charge is -2.25. The predicted octanol–water partition coefficient (Wildman–Crippen LogP) is 4.50. The van der Waals surface area contributed by atoms with Gasteiger partial charge < -0.3 is 0 Å². The van der Waals surface area contributed by atoms with E-state index in [1.54, 1.807) is 30.3 Å². The Morgan fingerprint density at radius 2 is 1.48 bits per heavy atom. The first-order valence-electron chi connectivity index (χ1n) is 8.31. The van der Waals surface area contributed by atoms with Crippen LogP contribution in [0, 0.1) is 0 Å². The molecule has 11 heteroatoms. The number of hydrogen-bond donors (Lipinski definition) is 0. The fraction of sp³-hybridized carbons (Fsp3) is 0.625. The summed E-state index contributed by atoms with van der Waals surface area (Å²) < 4.78 is 106. The van der Waals surface area contributed by atoms with Crippen LogP contribution in [0.2, 0.25) is 0 Å². The summed E-state index contributed by atoms with van der Waals surface area (Å²) in [4.78, 5) is 0. The molecule has 2 unspecified atom stereocenters. The summed E-state index contributed by atoms with van der Waals surface area (Å²) in [6, 6.07) is 7.31. The molecule has 0 aromatic heterocycles. The van der Waals surface area contributed by atoms with Gasteiger partial charge in [0, 0.05) is 0 Å². The average Bonchev–Trinajstić information content (AvgIpc) is 3.20. The van der Waals surface area contributed by atoms with Gasteiger partial charge >= 0.3 is 22.7 Å². The SMILES string of the molecule is O=S(=O)(OC(C(F)(F)F)C(F)(F)F)N1C(c2ccccc2)C12CCCCC2. The molecule has 152 valence electrons. The van der Waals surface area contributed by atoms with Crippen LogP contribution in [0.3, 0.4) is 0 Å². The van der Waals surface area contributed by atoms with Crippen LogP contribution in [0.4, 0.5) is 26.3 Å². The molecule has 2 aliphatic rings. The van der Waals surface area contributed by atoms with Crippen molar-refractivity contribution in [3.63, 3.8) is 0 Å². The third-order valence-electron chi connectivity index (χ3n) is 5.00. The minimum absolute atomic E-state index is 0.359. The molecule has 1 aliphatic heterocycles. The van der Waals surface area contributed by atoms with Crippen LogP contribution in [0.15, 0.2) is 30.3 Å². The molecule has 1 saturated heterocycles. The summed E-state index contributed by atoms with van der Waals surface area (Å²) in [6.07, 6.45) is -13.4. The second-order valence-corrected chi connectivity index (χ2v) is 8.23. The zero-order chi connectivity index (χ0) is 20.1. The van der Waals surface area contributed by atoms with Gasteiger partial charge in [-0.2, -0.15) is 39.1 Å². The number of nitrogens with zero attached hydrogens (tertiary/aromatic N) is 1. The molecule has 1 spiro atoms. The molecular formula is C16H17F6NO3S. The maximum atomic E-state index is 12.8. The first kappa shape index (κ1) is 20.4. The van der Waals surface area contributed by atoms with Gasteiger partial charge in [0.25, 0.3) is 6.10 Å². The highest BCUT2D eigenvalue weighted by atomic mass is 32.2. The first-order valence-corrected chi connectivity index (χ1v) is 9.67. The molecule has 3 rings (SSSR count). The van der Waals surface area contributed by atoms with E-state index in [-0.39, 0.29) is 0 Å². The van der Waals surface area contributed by atoms with E-state index in [4.69, 9.17) is 0 Å². The van der Waals surface area contributed by atoms with Crippen molar-refractivity contribution in [3.05, 3.63) is 35.9 Å². The number of halogens is 6. The van der Waals surface area contributed by atoms with Crippen molar-refractivity contribution in [2.45, 2.75) is 62.1 Å². The van der Waals surface area contributed by atoms with Crippen molar-refractivity contribution in [3.8, 4) is 0 Å². The Labute approximate surface area is 152 Å². The number of rotatable bonds is 4. The highest BCUT2D eigenvalue weighted by molar-refractivity contribution is 7.84. The topological polar surface area (TPSA) is 46.4 Å². The molecule has 0 bridgehead atoms. The quantitative estimate of drug-likeness (QED) is 0.535. The lowest BCUT2D eigenvalue weighted by molar-refractivity contribution is -0.299. The Bertz CT molecular complexity index is 758. The molecule has 1 aromatic rings. The molecule has 27 heavy (non-hydrogen) atoms. The van der Waals surface area contributed by atoms with E-state index in [9.17, 15) is 34.8 Å². The average molecular weight is 417 g/mol. The molecular weight excluding hydrogens is 400 g/mol. The highest BCUT2D eigenvalue weighted by Crippen LogP contribution is 2.62. The van der Waals surface area contributed by atoms with Crippen LogP contribution < -0.4 is 0 Å². The largest absolute Gasteiger partial charge is 0.425 e. The molecule has 1 aromatic carbocycles. The number of hydrogen-bond acceptors (Lipinski definition) is 3. The molecule has 2 atom stereocenters. The molecule has 1 aliphatic carbocycles. The van der Waals surface area contributed by atoms with Crippen molar-refractivity contribution in [1.82, 2.24) is 4.31 Å². The second kappa shape index (κ2) is 6.63. The highest BCUT2D eigenvalue weighted by Gasteiger charge is 2.71. The van der Waals surface area contributed by atoms with Gasteiger partial charge in [-0.15, -0.1) is 0 Å². The summed E-state index contributed by atoms with van der Waals surface area (Å²) in [5.41, 5.74) is -0.512. The van der Waals surface area contributed by atoms with Crippen molar-refractivity contribution >= 4 is 10.3 Å². The van der Waals surface area contributed by atoms with E-state index in [2.05, 4.69) is 4.18 Å². The van der Waals surface area contributed by atoms with E-state index < -0.39 is 40.3 Å². The third-order valence-corrected chi connectivity index (χ3v) is 6.49. The summed E-state index contributed by atoms with van der Waals surface area (Å²) >= 11 is 0. The van der Waals surface area contributed by atoms with Gasteiger partial charge in [-0.1, -0.05) is 49.6 Å². The van der Waals surface area contributed by atoms with E-state index in [1.807, 2.05) is 0 Å². The molecule has 0 amide bonds. The van der Waals surface area contributed by atoms with Crippen LogP contribution >= 0.6 is 0 Å². The number of alkyl halides is 6. The molecule has 1 heterocycles. The van der Waals surface area contributed by atoms with Gasteiger partial charge in [-0.25, -0.2) is 4.18 Å². The fourth-order valence-corrected chi connectivity index (χ4v) is 5.71. The molecule has 1 saturated carbocycles. The maximum absolute atomic E-state index is 12.8. The van der Waals surface area contributed by atoms with Crippen molar-refractivity contribution in [2.24, 2.45) is 0 Å². The summed E-state index contributed by atoms with van der Waals surface area (Å²) in [6.45, 7) is 0. The van der Waals surface area contributed by atoms with E-state index in [0.29, 0.717) is 35.6 Å². The zero-order valence-electron chi connectivity index (χ0n) is 13.9. The smallest absolute Gasteiger partial charge is 0.235 e. The first-order chi connectivity index (χ1) is 12.4. The van der Waals surface area contributed by atoms with Crippen LogP contribution in [0.25, 0.3) is 0 Å². The molecule has 4 nitrogen and oxygen atoms in total. The lowest BCUT2D eigenvalue weighted by Crippen LogP contribution is -2.47. The fourth-order valence-electron chi connectivity index (χ4n) is 3.90. The van der Waals surface area contributed by atoms with E-state index in [1.165, 1.54) is 0 Å². The molecule has 0 N–H and O–H groups in total. The van der Waals surface area contributed by atoms with Crippen LogP contribution in [0.5, 0.6) is 0 Å². The zero-order valence-corrected chi connectivity index (χ0v) is 14.7. The Morgan fingerprint density at radius 1 is 0.963 bits per heavy atom. The summed E-state index contributed by atoms with van der Waals surface area (Å²) in [5.74, 6) is 0. The maximum Gasteiger partial charge on any atom is 0.425 e. The summed E-state index contributed by atoms with van der Waals surface area (Å²) in [7, 11) is -5.26. The standard InChI is InChI=1S/C16H17F6NO3S/c17-15(18,19)13(16(20,21)22)26-27(24,25)23-12(11-7-3-1-4-8-11)14(23)9-5-2-6-10-14/h1,3-4,7-8,12-13H,2,5-6,9-10H2. The second-order valence-electron chi connectivity index (χ2n) is 6.79. The minimum atomic E-state index is -5.90. The van der Waals surface area contributed by atoms with Crippen LogP contribution in [-0.2, 0) is 14.5 Å². The van der Waals surface area contributed by atoms with Gasteiger partial charge in [0.15, 0.2) is 0 Å². The van der Waals surface area contributed by atoms with Gasteiger partial charge in [-0.3, -0.25) is 0 Å². The lowest BCUT2D eigenvalue weighted by atomic mass is 9.84. The van der Waals surface area contributed by atoms with Gasteiger partial charge in [0.05, 0.1) is 11.6 Å². The van der Waals surface area contributed by atoms with Gasteiger partial charge in [-0.05, 0) is 18.4 Å². The van der Waals surface area contributed by atoms with Crippen molar-refractivity contribution in [1.29, 1.82) is 0 Å². The summed E-state index contributed by atoms with van der Waals surface area (Å²) in [5, 5.41) is 0. The Hall–Kier alpha value is -1.33. The molecule has 2 fully saturated rings. The van der Waals surface area contributed by atoms with E-state index >= 15 is 0 Å². The predicted molar refractivity (Wildman–Crippen MR) is 82.7 cm³/mol. The van der Waals surface area contributed by atoms with Gasteiger partial charge in [0.2, 0.25) is 0 Å². The van der Waals surface area contributed by atoms with Crippen molar-refractivity contribution in [2.75, 3.05) is 0 Å². The van der Waals surface area contributed by atoms with Crippen LogP contribution in [-0.4, -0.2) is 36.7 Å². The Balaban J connectivity index is 1.94. The minimum Gasteiger partial charge on any atom is -0.235 e. The van der Waals surface area contributed by atoms with Crippen LogP contribution in [0.1, 0.15) is 43.7 Å². The van der Waals surface area contributed by atoms with Crippen molar-refractivity contribution < 1.29 is 38.9 Å². The third kappa shape index (κ3) is 3.81. The Kier molecular flexibility index (Phi) is 5.01. The Morgan fingerprint density at radius 3 is 1.96 bits per heavy atom. The molecule has 0 radical (unpaired) electrons.